The molecule has 5 atom stereocenters. The lowest BCUT2D eigenvalue weighted by atomic mass is 9.70. The normalized spacial score (nSPS) is 31.3. The Kier molecular flexibility index (Phi) is 7.02. The summed E-state index contributed by atoms with van der Waals surface area (Å²) < 4.78 is 18.6. The average Bonchev–Trinajstić information content (AvgIpc) is 3.16. The third-order valence-corrected chi connectivity index (χ3v) is 8.75. The minimum absolute atomic E-state index is 0.00436. The summed E-state index contributed by atoms with van der Waals surface area (Å²) >= 11 is 0. The molecule has 2 bridgehead atoms. The maximum Gasteiger partial charge on any atom is 0.136 e. The standard InChI is InChI=1S/C31H38O4/c1-31(2)22-12-13-23(31)19-29(35-25-16-14-24(33-3)15-17-25)30-26(27(32)18-22)10-7-11-28(30)34-20-21-8-5-4-6-9-21/h4-6,8-9,14-17,19,22,26,28-30H,7,10-13,18,20H2,1-3H3/b23-19-/t22-,26+,28-,29-,30-/m1/s1. The van der Waals surface area contributed by atoms with Gasteiger partial charge in [0, 0.05) is 18.3 Å². The van der Waals surface area contributed by atoms with Gasteiger partial charge in [0.1, 0.15) is 23.4 Å². The fraction of sp³-hybridized carbons (Fsp3) is 0.516. The molecule has 0 amide bonds. The number of rotatable bonds is 6. The van der Waals surface area contributed by atoms with Crippen molar-refractivity contribution in [1.82, 2.24) is 0 Å². The van der Waals surface area contributed by atoms with Crippen molar-refractivity contribution in [1.29, 1.82) is 0 Å². The number of fused-ring (bicyclic) bond motifs is 3. The van der Waals surface area contributed by atoms with Crippen LogP contribution in [0.25, 0.3) is 0 Å². The van der Waals surface area contributed by atoms with Crippen LogP contribution in [0, 0.1) is 23.2 Å². The van der Waals surface area contributed by atoms with E-state index in [1.54, 1.807) is 7.11 Å². The SMILES string of the molecule is COc1ccc(O[C@@H]2/C=C3/CC[C@H](CC(=O)[C@@H]4CCC[C@@H](OCc5ccccc5)[C@H]24)C3(C)C)cc1. The molecule has 35 heavy (non-hydrogen) atoms. The summed E-state index contributed by atoms with van der Waals surface area (Å²) in [7, 11) is 1.67. The van der Waals surface area contributed by atoms with Crippen LogP contribution in [0.4, 0.5) is 0 Å². The Morgan fingerprint density at radius 3 is 2.43 bits per heavy atom. The van der Waals surface area contributed by atoms with Gasteiger partial charge in [-0.15, -0.1) is 0 Å². The van der Waals surface area contributed by atoms with Gasteiger partial charge < -0.3 is 14.2 Å². The number of hydrogen-bond acceptors (Lipinski definition) is 4. The van der Waals surface area contributed by atoms with Gasteiger partial charge >= 0.3 is 0 Å². The van der Waals surface area contributed by atoms with Crippen LogP contribution in [0.3, 0.4) is 0 Å². The first kappa shape index (κ1) is 24.1. The van der Waals surface area contributed by atoms with E-state index in [1.807, 2.05) is 42.5 Å². The Hall–Kier alpha value is -2.59. The third-order valence-electron chi connectivity index (χ3n) is 8.75. The van der Waals surface area contributed by atoms with Crippen molar-refractivity contribution in [3.8, 4) is 11.5 Å². The van der Waals surface area contributed by atoms with Crippen LogP contribution >= 0.6 is 0 Å². The first-order chi connectivity index (χ1) is 17.0. The molecule has 0 spiro atoms. The largest absolute Gasteiger partial charge is 0.497 e. The average molecular weight is 475 g/mol. The van der Waals surface area contributed by atoms with Gasteiger partial charge in [0.25, 0.3) is 0 Å². The van der Waals surface area contributed by atoms with Gasteiger partial charge in [-0.25, -0.2) is 0 Å². The zero-order valence-corrected chi connectivity index (χ0v) is 21.2. The molecular weight excluding hydrogens is 436 g/mol. The lowest BCUT2D eigenvalue weighted by molar-refractivity contribution is -0.135. The van der Waals surface area contributed by atoms with Crippen LogP contribution in [0.15, 0.2) is 66.2 Å². The molecule has 0 aliphatic heterocycles. The van der Waals surface area contributed by atoms with Gasteiger partial charge in [-0.3, -0.25) is 4.79 Å². The number of hydrogen-bond donors (Lipinski definition) is 0. The summed E-state index contributed by atoms with van der Waals surface area (Å²) in [6.07, 6.45) is 7.85. The van der Waals surface area contributed by atoms with Gasteiger partial charge in [-0.1, -0.05) is 56.2 Å². The summed E-state index contributed by atoms with van der Waals surface area (Å²) in [5, 5.41) is 0. The maximum atomic E-state index is 13.8. The number of ether oxygens (including phenoxy) is 3. The fourth-order valence-corrected chi connectivity index (χ4v) is 6.53. The van der Waals surface area contributed by atoms with Gasteiger partial charge in [0.2, 0.25) is 0 Å². The highest BCUT2D eigenvalue weighted by Gasteiger charge is 2.48. The predicted octanol–water partition coefficient (Wildman–Crippen LogP) is 6.78. The van der Waals surface area contributed by atoms with Crippen molar-refractivity contribution < 1.29 is 19.0 Å². The van der Waals surface area contributed by atoms with E-state index in [-0.39, 0.29) is 29.5 Å². The molecule has 2 saturated carbocycles. The predicted molar refractivity (Wildman–Crippen MR) is 137 cm³/mol. The summed E-state index contributed by atoms with van der Waals surface area (Å²) in [4.78, 5) is 13.8. The second kappa shape index (κ2) is 10.2. The number of carbonyl (C=O) groups excluding carboxylic acids is 1. The molecule has 3 aliphatic carbocycles. The van der Waals surface area contributed by atoms with Crippen molar-refractivity contribution in [2.75, 3.05) is 7.11 Å². The molecule has 0 N–H and O–H groups in total. The van der Waals surface area contributed by atoms with Crippen LogP contribution in [0.2, 0.25) is 0 Å². The molecule has 5 rings (SSSR count). The maximum absolute atomic E-state index is 13.8. The van der Waals surface area contributed by atoms with Gasteiger partial charge in [-0.05, 0) is 72.9 Å². The van der Waals surface area contributed by atoms with Gasteiger partial charge in [0.15, 0.2) is 0 Å². The van der Waals surface area contributed by atoms with Gasteiger partial charge in [0.05, 0.1) is 19.8 Å². The first-order valence-electron chi connectivity index (χ1n) is 13.2. The van der Waals surface area contributed by atoms with E-state index in [2.05, 4.69) is 32.1 Å². The van der Waals surface area contributed by atoms with E-state index in [0.717, 1.165) is 49.2 Å². The van der Waals surface area contributed by atoms with Crippen molar-refractivity contribution in [3.63, 3.8) is 0 Å². The summed E-state index contributed by atoms with van der Waals surface area (Å²) in [6.45, 7) is 5.18. The highest BCUT2D eigenvalue weighted by molar-refractivity contribution is 5.82. The van der Waals surface area contributed by atoms with Crippen LogP contribution in [-0.2, 0) is 16.1 Å². The molecular formula is C31H38O4. The minimum atomic E-state index is -0.204. The molecule has 3 aliphatic rings. The van der Waals surface area contributed by atoms with E-state index >= 15 is 0 Å². The second-order valence-corrected chi connectivity index (χ2v) is 11.0. The van der Waals surface area contributed by atoms with Crippen LogP contribution in [-0.4, -0.2) is 25.1 Å². The second-order valence-electron chi connectivity index (χ2n) is 11.0. The minimum Gasteiger partial charge on any atom is -0.497 e. The molecule has 2 aromatic rings. The molecule has 2 fully saturated rings. The number of ketones is 1. The summed E-state index contributed by atoms with van der Waals surface area (Å²) in [5.74, 6) is 2.40. The van der Waals surface area contributed by atoms with Crippen molar-refractivity contribution in [2.24, 2.45) is 23.2 Å². The quantitative estimate of drug-likeness (QED) is 0.433. The molecule has 0 heterocycles. The number of allylic oxidation sites excluding steroid dienone is 1. The van der Waals surface area contributed by atoms with E-state index in [0.29, 0.717) is 24.7 Å². The lowest BCUT2D eigenvalue weighted by Crippen LogP contribution is -2.46. The monoisotopic (exact) mass is 474 g/mol. The van der Waals surface area contributed by atoms with Crippen LogP contribution in [0.1, 0.15) is 57.9 Å². The number of Topliss-reactive ketones (excluding diaryl/α,β-unsaturated/α-hetero) is 1. The molecule has 0 aromatic heterocycles. The topological polar surface area (TPSA) is 44.8 Å². The Bertz CT molecular complexity index is 1040. The molecule has 2 aromatic carbocycles. The smallest absolute Gasteiger partial charge is 0.136 e. The van der Waals surface area contributed by atoms with Crippen molar-refractivity contribution in [2.45, 2.75) is 71.2 Å². The Balaban J connectivity index is 1.50. The molecule has 0 saturated heterocycles. The summed E-state index contributed by atoms with van der Waals surface area (Å²) in [5.41, 5.74) is 2.61. The number of benzene rings is 2. The Morgan fingerprint density at radius 1 is 0.943 bits per heavy atom. The molecule has 186 valence electrons. The Labute approximate surface area is 209 Å². The Morgan fingerprint density at radius 2 is 1.69 bits per heavy atom. The van der Waals surface area contributed by atoms with E-state index in [1.165, 1.54) is 5.57 Å². The van der Waals surface area contributed by atoms with Crippen LogP contribution in [0.5, 0.6) is 11.5 Å². The summed E-state index contributed by atoms with van der Waals surface area (Å²) in [6, 6.07) is 18.1. The molecule has 0 unspecified atom stereocenters. The number of carbonyl (C=O) groups is 1. The fourth-order valence-electron chi connectivity index (χ4n) is 6.53. The third kappa shape index (κ3) is 5.04. The molecule has 4 nitrogen and oxygen atoms in total. The zero-order chi connectivity index (χ0) is 24.4. The lowest BCUT2D eigenvalue weighted by Gasteiger charge is -2.41. The highest BCUT2D eigenvalue weighted by atomic mass is 16.5. The molecule has 4 heteroatoms. The van der Waals surface area contributed by atoms with E-state index < -0.39 is 0 Å². The highest BCUT2D eigenvalue weighted by Crippen LogP contribution is 2.52. The van der Waals surface area contributed by atoms with E-state index in [9.17, 15) is 4.79 Å². The first-order valence-corrected chi connectivity index (χ1v) is 13.2. The van der Waals surface area contributed by atoms with Crippen molar-refractivity contribution in [3.05, 3.63) is 71.8 Å². The molecule has 0 radical (unpaired) electrons. The van der Waals surface area contributed by atoms with Gasteiger partial charge in [-0.2, -0.15) is 0 Å². The van der Waals surface area contributed by atoms with E-state index in [4.69, 9.17) is 14.2 Å². The van der Waals surface area contributed by atoms with Crippen LogP contribution < -0.4 is 9.47 Å². The zero-order valence-electron chi connectivity index (χ0n) is 21.2. The number of methoxy groups -OCH3 is 1. The van der Waals surface area contributed by atoms with Crippen molar-refractivity contribution >= 4 is 5.78 Å².